The van der Waals surface area contributed by atoms with E-state index in [9.17, 15) is 29.1 Å². The lowest BCUT2D eigenvalue weighted by Crippen LogP contribution is -2.58. The lowest BCUT2D eigenvalue weighted by atomic mass is 9.71. The van der Waals surface area contributed by atoms with Gasteiger partial charge in [-0.1, -0.05) is 25.7 Å². The number of aliphatic hydroxyl groups excluding tert-OH is 3. The number of likely N-dealkylation sites (tertiary alicyclic amines) is 1. The molecule has 10 nitrogen and oxygen atoms in total. The lowest BCUT2D eigenvalue weighted by Gasteiger charge is -2.40. The number of carbonyl (C=O) groups is 2. The first-order valence-electron chi connectivity index (χ1n) is 13.4. The average molecular weight is 531 g/mol. The molecule has 4 rings (SSSR count). The number of nitrogens with zero attached hydrogens (tertiary/aromatic N) is 1. The molecule has 4 aliphatic rings. The third-order valence-electron chi connectivity index (χ3n) is 8.79. The molecule has 2 aliphatic carbocycles. The maximum Gasteiger partial charge on any atom is 0.233 e. The van der Waals surface area contributed by atoms with Crippen molar-refractivity contribution in [2.45, 2.75) is 94.9 Å². The van der Waals surface area contributed by atoms with Crippen LogP contribution in [-0.2, 0) is 28.8 Å². The molecule has 0 aromatic rings. The maximum atomic E-state index is 13.1. The van der Waals surface area contributed by atoms with Gasteiger partial charge in [-0.3, -0.25) is 23.5 Å². The maximum absolute atomic E-state index is 13.1. The molecule has 0 aromatic heterocycles. The third kappa shape index (κ3) is 6.47. The Bertz CT molecular complexity index is 884. The second-order valence-corrected chi connectivity index (χ2v) is 13.7. The Kier molecular flexibility index (Phi) is 9.10. The molecular formula is C25H42N2O8S. The van der Waals surface area contributed by atoms with Gasteiger partial charge in [0.1, 0.15) is 18.3 Å². The van der Waals surface area contributed by atoms with E-state index >= 15 is 0 Å². The fourth-order valence-corrected chi connectivity index (χ4v) is 7.34. The van der Waals surface area contributed by atoms with Crippen molar-refractivity contribution in [3.05, 3.63) is 0 Å². The summed E-state index contributed by atoms with van der Waals surface area (Å²) in [6.07, 6.45) is 4.51. The number of ether oxygens (including phenoxy) is 2. The van der Waals surface area contributed by atoms with E-state index in [0.29, 0.717) is 0 Å². The van der Waals surface area contributed by atoms with Crippen molar-refractivity contribution in [3.8, 4) is 0 Å². The van der Waals surface area contributed by atoms with Gasteiger partial charge in [-0.2, -0.15) is 0 Å². The van der Waals surface area contributed by atoms with Crippen molar-refractivity contribution in [1.82, 2.24) is 4.90 Å². The average Bonchev–Trinajstić information content (AvgIpc) is 3.47. The minimum absolute atomic E-state index is 0.0248. The molecule has 2 saturated heterocycles. The van der Waals surface area contributed by atoms with Crippen LogP contribution in [0.1, 0.15) is 64.2 Å². The zero-order chi connectivity index (χ0) is 26.0. The van der Waals surface area contributed by atoms with E-state index in [1.54, 1.807) is 0 Å². The third-order valence-corrected chi connectivity index (χ3v) is 9.80. The molecule has 4 fully saturated rings. The van der Waals surface area contributed by atoms with Gasteiger partial charge in [0.15, 0.2) is 6.29 Å². The van der Waals surface area contributed by atoms with Gasteiger partial charge in [0.2, 0.25) is 11.8 Å². The molecule has 11 heteroatoms. The van der Waals surface area contributed by atoms with Crippen molar-refractivity contribution in [1.29, 1.82) is 4.78 Å². The summed E-state index contributed by atoms with van der Waals surface area (Å²) < 4.78 is 30.4. The van der Waals surface area contributed by atoms with Crippen LogP contribution >= 0.6 is 0 Å². The molecular weight excluding hydrogens is 488 g/mol. The van der Waals surface area contributed by atoms with Crippen LogP contribution in [0.25, 0.3) is 0 Å². The standard InChI is InChI=1S/C25H42N2O8S/c1-36(26,33)13-10-19-21(29)22(30)23(31)25(35-19)34-12-11-27-20(28)14-18(24(27)32)17-8-6-16(7-9-17)15-4-2-3-5-15/h15-19,21-23,25-26,29-31H,2-14H2,1H3/t16?,17?,18?,19-,21-,22+,23+,25+,36?/m1/s1. The molecule has 206 valence electrons. The first-order chi connectivity index (χ1) is 17.0. The number of aliphatic hydroxyl groups is 3. The molecule has 0 bridgehead atoms. The Morgan fingerprint density at radius 1 is 0.972 bits per heavy atom. The van der Waals surface area contributed by atoms with Crippen molar-refractivity contribution in [2.75, 3.05) is 25.2 Å². The fraction of sp³-hybridized carbons (Fsp3) is 0.920. The monoisotopic (exact) mass is 530 g/mol. The summed E-state index contributed by atoms with van der Waals surface area (Å²) in [5.41, 5.74) is 0. The number of imide groups is 1. The Labute approximate surface area is 213 Å². The first-order valence-corrected chi connectivity index (χ1v) is 15.6. The first kappa shape index (κ1) is 27.9. The van der Waals surface area contributed by atoms with E-state index in [1.807, 2.05) is 0 Å². The zero-order valence-corrected chi connectivity index (χ0v) is 21.9. The van der Waals surface area contributed by atoms with Gasteiger partial charge in [-0.15, -0.1) is 0 Å². The molecule has 2 unspecified atom stereocenters. The molecule has 0 aromatic carbocycles. The van der Waals surface area contributed by atoms with Gasteiger partial charge < -0.3 is 24.8 Å². The van der Waals surface area contributed by atoms with Gasteiger partial charge in [0, 0.05) is 28.2 Å². The number of carbonyl (C=O) groups excluding carboxylic acids is 2. The van der Waals surface area contributed by atoms with Crippen LogP contribution in [-0.4, -0.2) is 92.1 Å². The van der Waals surface area contributed by atoms with Gasteiger partial charge >= 0.3 is 0 Å². The van der Waals surface area contributed by atoms with Crippen molar-refractivity contribution in [2.24, 2.45) is 23.7 Å². The molecule has 0 radical (unpaired) electrons. The highest BCUT2D eigenvalue weighted by atomic mass is 32.2. The van der Waals surface area contributed by atoms with Gasteiger partial charge in [0.05, 0.1) is 25.2 Å². The predicted octanol–water partition coefficient (Wildman–Crippen LogP) is 1.25. The highest BCUT2D eigenvalue weighted by Crippen LogP contribution is 2.44. The van der Waals surface area contributed by atoms with Gasteiger partial charge in [-0.25, -0.2) is 0 Å². The second kappa shape index (κ2) is 11.7. The Hall–Kier alpha value is -1.11. The van der Waals surface area contributed by atoms with E-state index in [4.69, 9.17) is 14.3 Å². The van der Waals surface area contributed by atoms with Crippen LogP contribution in [0.5, 0.6) is 0 Å². The van der Waals surface area contributed by atoms with E-state index in [-0.39, 0.29) is 55.4 Å². The van der Waals surface area contributed by atoms with Gasteiger partial charge in [-0.05, 0) is 49.9 Å². The summed E-state index contributed by atoms with van der Waals surface area (Å²) in [5.74, 6) is 1.19. The Morgan fingerprint density at radius 3 is 2.22 bits per heavy atom. The quantitative estimate of drug-likeness (QED) is 0.324. The predicted molar refractivity (Wildman–Crippen MR) is 131 cm³/mol. The number of hydrogen-bond acceptors (Lipinski definition) is 9. The largest absolute Gasteiger partial charge is 0.388 e. The van der Waals surface area contributed by atoms with Crippen LogP contribution in [0, 0.1) is 28.5 Å². The Morgan fingerprint density at radius 2 is 1.58 bits per heavy atom. The smallest absolute Gasteiger partial charge is 0.233 e. The SMILES string of the molecule is CS(=N)(=O)CC[C@H]1O[C@H](OCCN2C(=O)CC(C3CCC(C4CCCC4)CC3)C2=O)[C@@H](O)[C@@H](O)[C@@H]1O. The van der Waals surface area contributed by atoms with Crippen LogP contribution in [0.2, 0.25) is 0 Å². The molecule has 2 aliphatic heterocycles. The summed E-state index contributed by atoms with van der Waals surface area (Å²) in [4.78, 5) is 26.9. The van der Waals surface area contributed by atoms with Crippen LogP contribution in [0.4, 0.5) is 0 Å². The highest BCUT2D eigenvalue weighted by Gasteiger charge is 2.46. The molecule has 7 atom stereocenters. The topological polar surface area (TPSA) is 157 Å². The molecule has 2 saturated carbocycles. The second-order valence-electron chi connectivity index (χ2n) is 11.3. The number of nitrogens with one attached hydrogen (secondary N) is 1. The Balaban J connectivity index is 1.25. The normalized spacial score (nSPS) is 40.1. The molecule has 2 heterocycles. The summed E-state index contributed by atoms with van der Waals surface area (Å²) in [6, 6.07) is 0. The van der Waals surface area contributed by atoms with E-state index in [1.165, 1.54) is 36.8 Å². The van der Waals surface area contributed by atoms with E-state index in [2.05, 4.69) is 0 Å². The summed E-state index contributed by atoms with van der Waals surface area (Å²) in [5, 5.41) is 30.6. The summed E-state index contributed by atoms with van der Waals surface area (Å²) in [7, 11) is -2.82. The molecule has 0 spiro atoms. The van der Waals surface area contributed by atoms with Crippen molar-refractivity contribution >= 4 is 21.5 Å². The zero-order valence-electron chi connectivity index (χ0n) is 21.1. The highest BCUT2D eigenvalue weighted by molar-refractivity contribution is 7.91. The van der Waals surface area contributed by atoms with E-state index < -0.39 is 40.4 Å². The molecule has 2 amide bonds. The summed E-state index contributed by atoms with van der Waals surface area (Å²) in [6.45, 7) is -0.0597. The number of amides is 2. The number of rotatable bonds is 9. The molecule has 4 N–H and O–H groups in total. The van der Waals surface area contributed by atoms with Crippen LogP contribution < -0.4 is 0 Å². The van der Waals surface area contributed by atoms with E-state index in [0.717, 1.165) is 37.5 Å². The fourth-order valence-electron chi connectivity index (χ4n) is 6.65. The summed E-state index contributed by atoms with van der Waals surface area (Å²) >= 11 is 0. The van der Waals surface area contributed by atoms with Crippen LogP contribution in [0.15, 0.2) is 0 Å². The number of hydrogen-bond donors (Lipinski definition) is 4. The minimum Gasteiger partial charge on any atom is -0.388 e. The van der Waals surface area contributed by atoms with Gasteiger partial charge in [0.25, 0.3) is 0 Å². The molecule has 36 heavy (non-hydrogen) atoms. The van der Waals surface area contributed by atoms with Crippen molar-refractivity contribution < 1.29 is 38.6 Å². The van der Waals surface area contributed by atoms with Crippen molar-refractivity contribution in [3.63, 3.8) is 0 Å². The van der Waals surface area contributed by atoms with Crippen LogP contribution in [0.3, 0.4) is 0 Å². The minimum atomic E-state index is -2.82. The lowest BCUT2D eigenvalue weighted by molar-refractivity contribution is -0.296.